The summed E-state index contributed by atoms with van der Waals surface area (Å²) in [5.74, 6) is -0.582. The Morgan fingerprint density at radius 3 is 2.89 bits per heavy atom. The molecule has 0 saturated carbocycles. The lowest BCUT2D eigenvalue weighted by Gasteiger charge is -2.07. The number of nitrogens with one attached hydrogen (secondary N) is 1. The van der Waals surface area contributed by atoms with Gasteiger partial charge in [-0.25, -0.2) is 14.8 Å². The van der Waals surface area contributed by atoms with Crippen LogP contribution in [0.25, 0.3) is 0 Å². The molecule has 0 aromatic carbocycles. The number of aryl methyl sites for hydroxylation is 1. The van der Waals surface area contributed by atoms with Crippen LogP contribution in [0, 0.1) is 0 Å². The van der Waals surface area contributed by atoms with Crippen LogP contribution in [0.4, 0.5) is 5.95 Å². The van der Waals surface area contributed by atoms with Crippen molar-refractivity contribution in [1.82, 2.24) is 15.0 Å². The summed E-state index contributed by atoms with van der Waals surface area (Å²) in [6, 6.07) is 3.79. The zero-order valence-corrected chi connectivity index (χ0v) is 10.5. The Morgan fingerprint density at radius 1 is 1.42 bits per heavy atom. The minimum absolute atomic E-state index is 0.148. The van der Waals surface area contributed by atoms with Gasteiger partial charge in [-0.2, -0.15) is 0 Å². The highest BCUT2D eigenvalue weighted by Crippen LogP contribution is 2.10. The number of rotatable bonds is 5. The molecule has 0 fully saturated rings. The van der Waals surface area contributed by atoms with Gasteiger partial charge in [-0.05, 0) is 18.1 Å². The molecule has 6 heteroatoms. The summed E-state index contributed by atoms with van der Waals surface area (Å²) in [6.45, 7) is 2.41. The number of hydrogen-bond donors (Lipinski definition) is 2. The normalized spacial score (nSPS) is 10.2. The number of hydrogen-bond acceptors (Lipinski definition) is 5. The molecule has 0 aliphatic rings. The van der Waals surface area contributed by atoms with Crippen molar-refractivity contribution in [3.8, 4) is 0 Å². The standard InChI is InChI=1S/C13H14N4O2/c1-2-11-10(12(18)19)8-16-13(17-11)15-7-9-4-3-5-14-6-9/h3-6,8H,2,7H2,1H3,(H,18,19)(H,15,16,17). The molecule has 2 aromatic rings. The van der Waals surface area contributed by atoms with Crippen LogP contribution >= 0.6 is 0 Å². The molecular formula is C13H14N4O2. The van der Waals surface area contributed by atoms with Crippen molar-refractivity contribution in [2.45, 2.75) is 19.9 Å². The third-order valence-corrected chi connectivity index (χ3v) is 2.61. The second kappa shape index (κ2) is 5.90. The predicted octanol–water partition coefficient (Wildman–Crippen LogP) is 1.74. The first-order valence-electron chi connectivity index (χ1n) is 5.92. The van der Waals surface area contributed by atoms with Crippen LogP contribution in [0.5, 0.6) is 0 Å². The summed E-state index contributed by atoms with van der Waals surface area (Å²) in [6.07, 6.45) is 5.33. The maximum atomic E-state index is 11.0. The Balaban J connectivity index is 2.11. The number of carbonyl (C=O) groups is 1. The Labute approximate surface area is 110 Å². The average molecular weight is 258 g/mol. The number of carboxylic acids is 1. The van der Waals surface area contributed by atoms with Crippen molar-refractivity contribution in [2.24, 2.45) is 0 Å². The summed E-state index contributed by atoms with van der Waals surface area (Å²) in [7, 11) is 0. The lowest BCUT2D eigenvalue weighted by molar-refractivity contribution is 0.0694. The first kappa shape index (κ1) is 12.9. The number of anilines is 1. The number of aromatic nitrogens is 3. The number of carboxylic acid groups (broad SMARTS) is 1. The largest absolute Gasteiger partial charge is 0.478 e. The van der Waals surface area contributed by atoms with Crippen LogP contribution in [-0.4, -0.2) is 26.0 Å². The molecule has 2 rings (SSSR count). The number of aromatic carboxylic acids is 1. The summed E-state index contributed by atoms with van der Waals surface area (Å²) in [5.41, 5.74) is 1.68. The van der Waals surface area contributed by atoms with Gasteiger partial charge in [-0.3, -0.25) is 4.98 Å². The third kappa shape index (κ3) is 3.25. The van der Waals surface area contributed by atoms with Crippen LogP contribution < -0.4 is 5.32 Å². The van der Waals surface area contributed by atoms with E-state index >= 15 is 0 Å². The molecule has 2 N–H and O–H groups in total. The van der Waals surface area contributed by atoms with Gasteiger partial charge in [0.05, 0.1) is 11.3 Å². The molecule has 0 aliphatic heterocycles. The summed E-state index contributed by atoms with van der Waals surface area (Å²) in [4.78, 5) is 23.2. The van der Waals surface area contributed by atoms with Gasteiger partial charge in [0.2, 0.25) is 5.95 Å². The first-order chi connectivity index (χ1) is 9.20. The molecule has 19 heavy (non-hydrogen) atoms. The molecule has 6 nitrogen and oxygen atoms in total. The molecule has 0 saturated heterocycles. The van der Waals surface area contributed by atoms with Gasteiger partial charge in [-0.1, -0.05) is 13.0 Å². The maximum Gasteiger partial charge on any atom is 0.339 e. The van der Waals surface area contributed by atoms with Gasteiger partial charge in [-0.15, -0.1) is 0 Å². The highest BCUT2D eigenvalue weighted by atomic mass is 16.4. The van der Waals surface area contributed by atoms with E-state index in [1.54, 1.807) is 12.4 Å². The van der Waals surface area contributed by atoms with Crippen molar-refractivity contribution in [2.75, 3.05) is 5.32 Å². The van der Waals surface area contributed by atoms with Crippen LogP contribution in [0.3, 0.4) is 0 Å². The summed E-state index contributed by atoms with van der Waals surface area (Å²) < 4.78 is 0. The fraction of sp³-hybridized carbons (Fsp3) is 0.231. The molecule has 0 bridgehead atoms. The second-order valence-electron chi connectivity index (χ2n) is 3.93. The molecule has 98 valence electrons. The van der Waals surface area contributed by atoms with Crippen molar-refractivity contribution in [3.05, 3.63) is 47.5 Å². The van der Waals surface area contributed by atoms with Crippen molar-refractivity contribution >= 4 is 11.9 Å². The highest BCUT2D eigenvalue weighted by molar-refractivity contribution is 5.88. The zero-order valence-electron chi connectivity index (χ0n) is 10.5. The second-order valence-corrected chi connectivity index (χ2v) is 3.93. The van der Waals surface area contributed by atoms with E-state index in [-0.39, 0.29) is 5.56 Å². The van der Waals surface area contributed by atoms with Gasteiger partial charge in [0.15, 0.2) is 0 Å². The van der Waals surface area contributed by atoms with E-state index < -0.39 is 5.97 Å². The lowest BCUT2D eigenvalue weighted by Crippen LogP contribution is -2.10. The first-order valence-corrected chi connectivity index (χ1v) is 5.92. The molecule has 0 spiro atoms. The Morgan fingerprint density at radius 2 is 2.26 bits per heavy atom. The van der Waals surface area contributed by atoms with Gasteiger partial charge >= 0.3 is 5.97 Å². The highest BCUT2D eigenvalue weighted by Gasteiger charge is 2.11. The predicted molar refractivity (Wildman–Crippen MR) is 69.9 cm³/mol. The van der Waals surface area contributed by atoms with Gasteiger partial charge in [0, 0.05) is 25.1 Å². The Kier molecular flexibility index (Phi) is 4.02. The van der Waals surface area contributed by atoms with Gasteiger partial charge < -0.3 is 10.4 Å². The number of pyridine rings is 1. The van der Waals surface area contributed by atoms with E-state index in [4.69, 9.17) is 5.11 Å². The summed E-state index contributed by atoms with van der Waals surface area (Å²) >= 11 is 0. The van der Waals surface area contributed by atoms with Crippen LogP contribution in [-0.2, 0) is 13.0 Å². The molecule has 0 aliphatic carbocycles. The monoisotopic (exact) mass is 258 g/mol. The van der Waals surface area contributed by atoms with Gasteiger partial charge in [0.25, 0.3) is 0 Å². The minimum Gasteiger partial charge on any atom is -0.478 e. The van der Waals surface area contributed by atoms with E-state index in [1.165, 1.54) is 6.20 Å². The quantitative estimate of drug-likeness (QED) is 0.849. The van der Waals surface area contributed by atoms with Crippen molar-refractivity contribution < 1.29 is 9.90 Å². The molecule has 2 heterocycles. The maximum absolute atomic E-state index is 11.0. The van der Waals surface area contributed by atoms with E-state index in [9.17, 15) is 4.79 Å². The third-order valence-electron chi connectivity index (χ3n) is 2.61. The SMILES string of the molecule is CCc1nc(NCc2cccnc2)ncc1C(=O)O. The molecule has 0 unspecified atom stereocenters. The van der Waals surface area contributed by atoms with Crippen LogP contribution in [0.2, 0.25) is 0 Å². The number of nitrogens with zero attached hydrogens (tertiary/aromatic N) is 3. The fourth-order valence-electron chi connectivity index (χ4n) is 1.63. The van der Waals surface area contributed by atoms with E-state index in [0.717, 1.165) is 5.56 Å². The fourth-order valence-corrected chi connectivity index (χ4v) is 1.63. The Hall–Kier alpha value is -2.50. The summed E-state index contributed by atoms with van der Waals surface area (Å²) in [5, 5.41) is 12.0. The molecular weight excluding hydrogens is 244 g/mol. The zero-order chi connectivity index (χ0) is 13.7. The van der Waals surface area contributed by atoms with E-state index in [1.807, 2.05) is 19.1 Å². The topological polar surface area (TPSA) is 88.0 Å². The van der Waals surface area contributed by atoms with Gasteiger partial charge in [0.1, 0.15) is 0 Å². The Bertz CT molecular complexity index is 572. The molecule has 0 radical (unpaired) electrons. The molecule has 2 aromatic heterocycles. The average Bonchev–Trinajstić information content (AvgIpc) is 2.45. The lowest BCUT2D eigenvalue weighted by atomic mass is 10.2. The molecule has 0 atom stereocenters. The van der Waals surface area contributed by atoms with Crippen molar-refractivity contribution in [1.29, 1.82) is 0 Å². The van der Waals surface area contributed by atoms with E-state index in [0.29, 0.717) is 24.6 Å². The molecule has 0 amide bonds. The smallest absolute Gasteiger partial charge is 0.339 e. The minimum atomic E-state index is -1.00. The van der Waals surface area contributed by atoms with Crippen LogP contribution in [0.15, 0.2) is 30.7 Å². The van der Waals surface area contributed by atoms with Crippen LogP contribution in [0.1, 0.15) is 28.5 Å². The van der Waals surface area contributed by atoms with E-state index in [2.05, 4.69) is 20.3 Å². The van der Waals surface area contributed by atoms with Crippen molar-refractivity contribution in [3.63, 3.8) is 0 Å².